The molecule has 4 rings (SSSR count). The van der Waals surface area contributed by atoms with Crippen LogP contribution in [0.2, 0.25) is 0 Å². The van der Waals surface area contributed by atoms with Crippen molar-refractivity contribution in [1.29, 1.82) is 0 Å². The van der Waals surface area contributed by atoms with Crippen LogP contribution in [-0.2, 0) is 5.79 Å². The predicted molar refractivity (Wildman–Crippen MR) is 91.3 cm³/mol. The molecule has 0 aliphatic heterocycles. The standard InChI is InChI=1S/C19H17N3/c20-19(21,14-8-2-1-3-9-14)22-17-12-6-4-10-15(17)16-11-5-7-13-18(16)22/h1-13H,20-21H2. The molecule has 0 unspecified atom stereocenters. The van der Waals surface area contributed by atoms with Gasteiger partial charge in [0.05, 0.1) is 11.0 Å². The van der Waals surface area contributed by atoms with E-state index >= 15 is 0 Å². The molecule has 0 bridgehead atoms. The molecule has 4 aromatic rings. The van der Waals surface area contributed by atoms with Crippen molar-refractivity contribution in [2.45, 2.75) is 5.79 Å². The van der Waals surface area contributed by atoms with Gasteiger partial charge in [-0.05, 0) is 12.1 Å². The van der Waals surface area contributed by atoms with Crippen LogP contribution >= 0.6 is 0 Å². The summed E-state index contributed by atoms with van der Waals surface area (Å²) in [5.41, 5.74) is 16.1. The molecule has 0 saturated carbocycles. The quantitative estimate of drug-likeness (QED) is 0.555. The lowest BCUT2D eigenvalue weighted by molar-refractivity contribution is 0.409. The van der Waals surface area contributed by atoms with E-state index in [0.29, 0.717) is 0 Å². The van der Waals surface area contributed by atoms with Gasteiger partial charge in [0.15, 0.2) is 5.79 Å². The summed E-state index contributed by atoms with van der Waals surface area (Å²) in [6, 6.07) is 26.2. The van der Waals surface area contributed by atoms with Gasteiger partial charge in [-0.2, -0.15) is 0 Å². The van der Waals surface area contributed by atoms with Gasteiger partial charge in [-0.1, -0.05) is 66.7 Å². The third-order valence-electron chi connectivity index (χ3n) is 4.19. The van der Waals surface area contributed by atoms with Crippen LogP contribution < -0.4 is 11.5 Å². The average Bonchev–Trinajstić information content (AvgIpc) is 2.91. The van der Waals surface area contributed by atoms with E-state index in [0.717, 1.165) is 27.4 Å². The molecule has 0 aliphatic rings. The van der Waals surface area contributed by atoms with E-state index in [-0.39, 0.29) is 0 Å². The Balaban J connectivity index is 2.13. The number of hydrogen-bond donors (Lipinski definition) is 2. The van der Waals surface area contributed by atoms with Crippen LogP contribution in [0.4, 0.5) is 0 Å². The fraction of sp³-hybridized carbons (Fsp3) is 0.0526. The lowest BCUT2D eigenvalue weighted by Crippen LogP contribution is -2.52. The highest BCUT2D eigenvalue weighted by atomic mass is 15.3. The summed E-state index contributed by atoms with van der Waals surface area (Å²) >= 11 is 0. The minimum Gasteiger partial charge on any atom is -0.305 e. The first-order chi connectivity index (χ1) is 10.7. The fourth-order valence-corrected chi connectivity index (χ4v) is 3.16. The monoisotopic (exact) mass is 287 g/mol. The lowest BCUT2D eigenvalue weighted by atomic mass is 10.1. The van der Waals surface area contributed by atoms with Crippen LogP contribution in [0.3, 0.4) is 0 Å². The zero-order valence-electron chi connectivity index (χ0n) is 12.1. The molecule has 0 atom stereocenters. The number of aromatic nitrogens is 1. The van der Waals surface area contributed by atoms with Crippen molar-refractivity contribution in [2.24, 2.45) is 11.5 Å². The van der Waals surface area contributed by atoms with Gasteiger partial charge in [0.2, 0.25) is 0 Å². The summed E-state index contributed by atoms with van der Waals surface area (Å²) < 4.78 is 2.02. The predicted octanol–water partition coefficient (Wildman–Crippen LogP) is 3.37. The number of nitrogens with zero attached hydrogens (tertiary/aromatic N) is 1. The molecule has 3 nitrogen and oxygen atoms in total. The molecular formula is C19H17N3. The van der Waals surface area contributed by atoms with E-state index in [4.69, 9.17) is 11.5 Å². The van der Waals surface area contributed by atoms with Gasteiger partial charge < -0.3 is 4.57 Å². The number of fused-ring (bicyclic) bond motifs is 3. The van der Waals surface area contributed by atoms with Crippen molar-refractivity contribution in [3.8, 4) is 0 Å². The maximum absolute atomic E-state index is 6.58. The number of nitrogens with two attached hydrogens (primary N) is 2. The van der Waals surface area contributed by atoms with E-state index in [2.05, 4.69) is 24.3 Å². The third-order valence-corrected chi connectivity index (χ3v) is 4.19. The zero-order valence-corrected chi connectivity index (χ0v) is 12.1. The number of rotatable bonds is 2. The molecule has 0 radical (unpaired) electrons. The summed E-state index contributed by atoms with van der Waals surface area (Å²) in [7, 11) is 0. The Bertz CT molecular complexity index is 899. The van der Waals surface area contributed by atoms with Gasteiger partial charge in [-0.15, -0.1) is 0 Å². The van der Waals surface area contributed by atoms with Crippen LogP contribution in [0.5, 0.6) is 0 Å². The molecule has 0 fully saturated rings. The molecule has 3 aromatic carbocycles. The molecule has 108 valence electrons. The molecule has 0 aliphatic carbocycles. The van der Waals surface area contributed by atoms with Gasteiger partial charge in [-0.25, -0.2) is 0 Å². The summed E-state index contributed by atoms with van der Waals surface area (Å²) in [4.78, 5) is 0. The summed E-state index contributed by atoms with van der Waals surface area (Å²) in [5, 5.41) is 2.32. The number of para-hydroxylation sites is 2. The zero-order chi connectivity index (χ0) is 15.2. The van der Waals surface area contributed by atoms with E-state index in [9.17, 15) is 0 Å². The van der Waals surface area contributed by atoms with Gasteiger partial charge in [0.1, 0.15) is 0 Å². The Morgan fingerprint density at radius 3 is 1.59 bits per heavy atom. The summed E-state index contributed by atoms with van der Waals surface area (Å²) in [6.45, 7) is 0. The smallest absolute Gasteiger partial charge is 0.172 e. The Morgan fingerprint density at radius 2 is 1.05 bits per heavy atom. The van der Waals surface area contributed by atoms with Crippen molar-refractivity contribution in [3.05, 3.63) is 84.4 Å². The Morgan fingerprint density at radius 1 is 0.591 bits per heavy atom. The first-order valence-corrected chi connectivity index (χ1v) is 7.31. The van der Waals surface area contributed by atoms with Gasteiger partial charge in [0, 0.05) is 16.3 Å². The molecule has 1 heterocycles. The Hall–Kier alpha value is -2.62. The normalized spacial score (nSPS) is 12.1. The number of benzene rings is 3. The van der Waals surface area contributed by atoms with Crippen molar-refractivity contribution in [1.82, 2.24) is 4.57 Å². The largest absolute Gasteiger partial charge is 0.305 e. The van der Waals surface area contributed by atoms with E-state index in [1.165, 1.54) is 0 Å². The molecular weight excluding hydrogens is 270 g/mol. The van der Waals surface area contributed by atoms with Gasteiger partial charge in [0.25, 0.3) is 0 Å². The SMILES string of the molecule is NC(N)(c1ccccc1)n1c2ccccc2c2ccccc21. The maximum atomic E-state index is 6.58. The molecule has 0 spiro atoms. The molecule has 3 heteroatoms. The van der Waals surface area contributed by atoms with Crippen LogP contribution in [0.25, 0.3) is 21.8 Å². The van der Waals surface area contributed by atoms with Crippen LogP contribution in [0, 0.1) is 0 Å². The van der Waals surface area contributed by atoms with E-state index in [1.54, 1.807) is 0 Å². The van der Waals surface area contributed by atoms with Gasteiger partial charge in [-0.3, -0.25) is 11.5 Å². The average molecular weight is 287 g/mol. The van der Waals surface area contributed by atoms with Crippen LogP contribution in [-0.4, -0.2) is 4.57 Å². The maximum Gasteiger partial charge on any atom is 0.172 e. The van der Waals surface area contributed by atoms with Crippen LogP contribution in [0.1, 0.15) is 5.56 Å². The molecule has 4 N–H and O–H groups in total. The van der Waals surface area contributed by atoms with Crippen molar-refractivity contribution in [3.63, 3.8) is 0 Å². The lowest BCUT2D eigenvalue weighted by Gasteiger charge is -2.29. The fourth-order valence-electron chi connectivity index (χ4n) is 3.16. The highest BCUT2D eigenvalue weighted by Crippen LogP contribution is 2.32. The second-order valence-corrected chi connectivity index (χ2v) is 5.56. The molecule has 0 saturated heterocycles. The molecule has 22 heavy (non-hydrogen) atoms. The van der Waals surface area contributed by atoms with Crippen molar-refractivity contribution >= 4 is 21.8 Å². The van der Waals surface area contributed by atoms with Crippen molar-refractivity contribution < 1.29 is 0 Å². The number of hydrogen-bond acceptors (Lipinski definition) is 2. The summed E-state index contributed by atoms with van der Waals surface area (Å²) in [5.74, 6) is -1.11. The third kappa shape index (κ3) is 1.77. The second kappa shape index (κ2) is 4.70. The Kier molecular flexibility index (Phi) is 2.79. The van der Waals surface area contributed by atoms with E-state index in [1.807, 2.05) is 59.2 Å². The highest BCUT2D eigenvalue weighted by molar-refractivity contribution is 6.08. The second-order valence-electron chi connectivity index (χ2n) is 5.56. The molecule has 1 aromatic heterocycles. The summed E-state index contributed by atoms with van der Waals surface area (Å²) in [6.07, 6.45) is 0. The van der Waals surface area contributed by atoms with E-state index < -0.39 is 5.79 Å². The first-order valence-electron chi connectivity index (χ1n) is 7.31. The molecule has 0 amide bonds. The van der Waals surface area contributed by atoms with Gasteiger partial charge >= 0.3 is 0 Å². The van der Waals surface area contributed by atoms with Crippen LogP contribution in [0.15, 0.2) is 78.9 Å². The first kappa shape index (κ1) is 13.1. The Labute approximate surface area is 128 Å². The topological polar surface area (TPSA) is 57.0 Å². The van der Waals surface area contributed by atoms with Crippen molar-refractivity contribution in [2.75, 3.05) is 0 Å². The minimum absolute atomic E-state index is 0.876. The highest BCUT2D eigenvalue weighted by Gasteiger charge is 2.27. The minimum atomic E-state index is -1.11.